The quantitative estimate of drug-likeness (QED) is 0.488. The predicted molar refractivity (Wildman–Crippen MR) is 153 cm³/mol. The second kappa shape index (κ2) is 10.5. The van der Waals surface area contributed by atoms with Crippen LogP contribution >= 0.6 is 11.8 Å². The van der Waals surface area contributed by atoms with E-state index in [0.717, 1.165) is 24.3 Å². The molecule has 0 aliphatic carbocycles. The van der Waals surface area contributed by atoms with Crippen molar-refractivity contribution in [3.8, 4) is 0 Å². The normalized spacial score (nSPS) is 18.6. The van der Waals surface area contributed by atoms with Crippen LogP contribution in [-0.4, -0.2) is 64.8 Å². The zero-order chi connectivity index (χ0) is 26.1. The largest absolute Gasteiger partial charge is 0.368 e. The van der Waals surface area contributed by atoms with Gasteiger partial charge < -0.3 is 9.80 Å². The number of piperazine rings is 1. The number of nitrogens with zero attached hydrogens (tertiary/aromatic N) is 5. The topological polar surface area (TPSA) is 68.6 Å². The zero-order valence-corrected chi connectivity index (χ0v) is 22.1. The summed E-state index contributed by atoms with van der Waals surface area (Å²) in [5, 5.41) is 0.709. The van der Waals surface area contributed by atoms with Crippen LogP contribution in [0.15, 0.2) is 88.8 Å². The third-order valence-corrected chi connectivity index (χ3v) is 8.24. The maximum absolute atomic E-state index is 13.4. The molecule has 7 nitrogen and oxygen atoms in total. The van der Waals surface area contributed by atoms with Gasteiger partial charge in [-0.3, -0.25) is 14.5 Å². The van der Waals surface area contributed by atoms with Crippen LogP contribution in [0.25, 0.3) is 0 Å². The summed E-state index contributed by atoms with van der Waals surface area (Å²) in [7, 11) is 0. The Hall–Kier alpha value is -3.91. The fourth-order valence-electron chi connectivity index (χ4n) is 5.08. The van der Waals surface area contributed by atoms with Crippen LogP contribution in [0.1, 0.15) is 23.1 Å². The molecule has 0 saturated carbocycles. The Labute approximate surface area is 226 Å². The van der Waals surface area contributed by atoms with Gasteiger partial charge in [0.2, 0.25) is 5.91 Å². The number of carbonyl (C=O) groups excluding carboxylic acids is 2. The highest BCUT2D eigenvalue weighted by Gasteiger charge is 2.43. The van der Waals surface area contributed by atoms with Crippen molar-refractivity contribution in [2.45, 2.75) is 25.1 Å². The molecule has 192 valence electrons. The molecule has 3 aliphatic heterocycles. The van der Waals surface area contributed by atoms with E-state index in [1.807, 2.05) is 52.3 Å². The molecule has 0 spiro atoms. The highest BCUT2D eigenvalue weighted by Crippen LogP contribution is 2.36. The van der Waals surface area contributed by atoms with E-state index in [1.165, 1.54) is 16.8 Å². The molecule has 8 heteroatoms. The van der Waals surface area contributed by atoms with Gasteiger partial charge in [0.15, 0.2) is 5.17 Å². The average Bonchev–Trinajstić information content (AvgIpc) is 3.29. The Kier molecular flexibility index (Phi) is 6.72. The number of hydrogen-bond donors (Lipinski definition) is 0. The van der Waals surface area contributed by atoms with Crippen LogP contribution < -0.4 is 4.90 Å². The molecule has 3 heterocycles. The summed E-state index contributed by atoms with van der Waals surface area (Å²) in [6.07, 6.45) is 0.0868. The number of rotatable bonds is 5. The number of thioether (sulfide) groups is 1. The first kappa shape index (κ1) is 24.4. The second-order valence-corrected chi connectivity index (χ2v) is 10.7. The van der Waals surface area contributed by atoms with Crippen LogP contribution in [0.4, 0.5) is 11.4 Å². The summed E-state index contributed by atoms with van der Waals surface area (Å²) in [6.45, 7) is 4.88. The van der Waals surface area contributed by atoms with E-state index in [9.17, 15) is 9.59 Å². The Balaban J connectivity index is 1.18. The number of hydrogen-bond acceptors (Lipinski definition) is 6. The molecule has 0 radical (unpaired) electrons. The first-order valence-corrected chi connectivity index (χ1v) is 13.9. The van der Waals surface area contributed by atoms with Gasteiger partial charge in [0.05, 0.1) is 12.1 Å². The predicted octanol–water partition coefficient (Wildman–Crippen LogP) is 4.63. The van der Waals surface area contributed by atoms with E-state index < -0.39 is 6.04 Å². The number of amides is 2. The van der Waals surface area contributed by atoms with E-state index in [-0.39, 0.29) is 18.2 Å². The molecule has 1 unspecified atom stereocenters. The molecule has 1 atom stereocenters. The number of fused-ring (bicyclic) bond motifs is 3. The van der Waals surface area contributed by atoms with Crippen molar-refractivity contribution in [3.63, 3.8) is 0 Å². The number of benzene rings is 3. The van der Waals surface area contributed by atoms with Crippen LogP contribution in [0.3, 0.4) is 0 Å². The van der Waals surface area contributed by atoms with Gasteiger partial charge >= 0.3 is 0 Å². The van der Waals surface area contributed by atoms with Crippen molar-refractivity contribution < 1.29 is 9.59 Å². The number of aryl methyl sites for hydroxylation is 1. The fraction of sp³-hybridized carbons (Fsp3) is 0.267. The summed E-state index contributed by atoms with van der Waals surface area (Å²) in [5.74, 6) is 1.01. The van der Waals surface area contributed by atoms with Gasteiger partial charge in [-0.15, -0.1) is 0 Å². The van der Waals surface area contributed by atoms with Crippen molar-refractivity contribution in [1.29, 1.82) is 0 Å². The van der Waals surface area contributed by atoms with E-state index in [0.29, 0.717) is 29.8 Å². The maximum atomic E-state index is 13.4. The Morgan fingerprint density at radius 2 is 1.61 bits per heavy atom. The summed E-state index contributed by atoms with van der Waals surface area (Å²) < 4.78 is 0. The van der Waals surface area contributed by atoms with Gasteiger partial charge in [-0.05, 0) is 36.8 Å². The molecule has 2 amide bonds. The minimum Gasteiger partial charge on any atom is -0.368 e. The summed E-state index contributed by atoms with van der Waals surface area (Å²) in [5.41, 5.74) is 5.18. The number of carbonyl (C=O) groups is 2. The Bertz CT molecular complexity index is 1410. The number of para-hydroxylation sites is 2. The highest BCUT2D eigenvalue weighted by atomic mass is 32.2. The van der Waals surface area contributed by atoms with Gasteiger partial charge in [-0.25, -0.2) is 4.99 Å². The standard InChI is InChI=1S/C30H29N5O2S/c1-21-11-13-22(14-12-21)20-38-30-31-25-10-6-5-9-24(25)28-32-29(37)26(35(28)30)19-27(36)34-17-15-33(16-18-34)23-7-3-2-4-8-23/h2-14,26H,15-20H2,1H3. The number of aliphatic imine (C=N–C) groups is 2. The van der Waals surface area contributed by atoms with Crippen LogP contribution in [0, 0.1) is 6.92 Å². The van der Waals surface area contributed by atoms with E-state index in [4.69, 9.17) is 4.99 Å². The minimum atomic E-state index is -0.678. The monoisotopic (exact) mass is 523 g/mol. The van der Waals surface area contributed by atoms with E-state index in [2.05, 4.69) is 53.2 Å². The Morgan fingerprint density at radius 3 is 2.37 bits per heavy atom. The fourth-order valence-corrected chi connectivity index (χ4v) is 6.09. The molecule has 6 rings (SSSR count). The van der Waals surface area contributed by atoms with Crippen molar-refractivity contribution in [2.24, 2.45) is 9.98 Å². The van der Waals surface area contributed by atoms with Crippen molar-refractivity contribution >= 4 is 46.0 Å². The molecule has 3 aromatic carbocycles. The number of amidine groups is 2. The third-order valence-electron chi connectivity index (χ3n) is 7.22. The molecule has 1 fully saturated rings. The lowest BCUT2D eigenvalue weighted by molar-refractivity contribution is -0.134. The van der Waals surface area contributed by atoms with Crippen molar-refractivity contribution in [2.75, 3.05) is 31.1 Å². The summed E-state index contributed by atoms with van der Waals surface area (Å²) in [4.78, 5) is 42.0. The highest BCUT2D eigenvalue weighted by molar-refractivity contribution is 8.13. The van der Waals surface area contributed by atoms with Crippen LogP contribution in [0.5, 0.6) is 0 Å². The van der Waals surface area contributed by atoms with E-state index in [1.54, 1.807) is 11.8 Å². The smallest absolute Gasteiger partial charge is 0.271 e. The second-order valence-electron chi connectivity index (χ2n) is 9.75. The van der Waals surface area contributed by atoms with Gasteiger partial charge in [-0.2, -0.15) is 4.99 Å². The van der Waals surface area contributed by atoms with E-state index >= 15 is 0 Å². The molecular formula is C30H29N5O2S. The Morgan fingerprint density at radius 1 is 0.895 bits per heavy atom. The first-order chi connectivity index (χ1) is 18.6. The van der Waals surface area contributed by atoms with Gasteiger partial charge in [0.25, 0.3) is 5.91 Å². The van der Waals surface area contributed by atoms with Gasteiger partial charge in [0.1, 0.15) is 11.9 Å². The molecule has 0 N–H and O–H groups in total. The van der Waals surface area contributed by atoms with Crippen LogP contribution in [-0.2, 0) is 15.3 Å². The molecule has 0 aromatic heterocycles. The molecule has 3 aliphatic rings. The zero-order valence-electron chi connectivity index (χ0n) is 21.3. The van der Waals surface area contributed by atoms with Crippen LogP contribution in [0.2, 0.25) is 0 Å². The molecule has 0 bridgehead atoms. The lowest BCUT2D eigenvalue weighted by atomic mass is 10.1. The van der Waals surface area contributed by atoms with Crippen molar-refractivity contribution in [1.82, 2.24) is 9.80 Å². The molecule has 3 aromatic rings. The SMILES string of the molecule is Cc1ccc(CSC2=Nc3ccccc3C3=NC(=O)C(CC(=O)N4CCN(c5ccccc5)CC4)N23)cc1. The van der Waals surface area contributed by atoms with Crippen molar-refractivity contribution in [3.05, 3.63) is 95.6 Å². The van der Waals surface area contributed by atoms with Gasteiger partial charge in [-0.1, -0.05) is 71.9 Å². The summed E-state index contributed by atoms with van der Waals surface area (Å²) >= 11 is 1.57. The lowest BCUT2D eigenvalue weighted by Crippen LogP contribution is -2.51. The molecule has 1 saturated heterocycles. The molecular weight excluding hydrogens is 494 g/mol. The lowest BCUT2D eigenvalue weighted by Gasteiger charge is -2.37. The third kappa shape index (κ3) is 4.84. The number of anilines is 1. The summed E-state index contributed by atoms with van der Waals surface area (Å²) in [6, 6.07) is 25.7. The maximum Gasteiger partial charge on any atom is 0.271 e. The molecule has 38 heavy (non-hydrogen) atoms. The minimum absolute atomic E-state index is 0.0192. The first-order valence-electron chi connectivity index (χ1n) is 12.9. The average molecular weight is 524 g/mol. The van der Waals surface area contributed by atoms with Gasteiger partial charge in [0, 0.05) is 43.2 Å².